The third-order valence-corrected chi connectivity index (χ3v) is 6.67. The minimum Gasteiger partial charge on any atom is -0.493 e. The van der Waals surface area contributed by atoms with Crippen LogP contribution in [0.15, 0.2) is 65.3 Å². The number of Topliss-reactive ketones (excluding diaryl/α,β-unsaturated/α-hetero) is 2. The standard InChI is InChI=1S/C15H18N2O3.C10H11BrO3.C6H9N.2CO2/c1-4-12-7-8-16-17(12)10-13(18)11-5-6-14(19-2)15(9-11)20-3;1-13-9-4-3-7(8(12)6-11)5-10(9)14-2;1-2-6-3-4-7-5-6;2*2-1-3/h5-9H,4,10H2,1-3H3;3-5H,6H2,1-2H3;3-4H,2,5H2,1H3;;. The van der Waals surface area contributed by atoms with Gasteiger partial charge >= 0.3 is 12.3 Å². The number of nitrogens with zero attached hydrogens (tertiary/aromatic N) is 3. The summed E-state index contributed by atoms with van der Waals surface area (Å²) in [4.78, 5) is 60.1. The van der Waals surface area contributed by atoms with Crippen molar-refractivity contribution < 1.29 is 47.7 Å². The Morgan fingerprint density at radius 1 is 0.766 bits per heavy atom. The van der Waals surface area contributed by atoms with Crippen molar-refractivity contribution in [2.45, 2.75) is 33.2 Å². The van der Waals surface area contributed by atoms with E-state index in [9.17, 15) is 9.59 Å². The first-order valence-corrected chi connectivity index (χ1v) is 15.0. The van der Waals surface area contributed by atoms with Gasteiger partial charge in [0.05, 0.1) is 40.3 Å². The Morgan fingerprint density at radius 2 is 1.26 bits per heavy atom. The molecule has 1 aliphatic rings. The third kappa shape index (κ3) is 15.1. The van der Waals surface area contributed by atoms with Gasteiger partial charge in [0.25, 0.3) is 0 Å². The molecule has 0 bridgehead atoms. The van der Waals surface area contributed by atoms with Gasteiger partial charge in [-0.3, -0.25) is 19.3 Å². The number of hydrogen-bond donors (Lipinski definition) is 0. The highest BCUT2D eigenvalue weighted by Gasteiger charge is 2.13. The number of carbonyl (C=O) groups excluding carboxylic acids is 6. The lowest BCUT2D eigenvalue weighted by Crippen LogP contribution is -2.14. The summed E-state index contributed by atoms with van der Waals surface area (Å²) in [6, 6.07) is 12.2. The van der Waals surface area contributed by atoms with E-state index in [4.69, 9.17) is 38.1 Å². The Hall–Kier alpha value is -5.16. The fraction of sp³-hybridized carbons (Fsp3) is 0.333. The number of carbonyl (C=O) groups is 2. The highest BCUT2D eigenvalue weighted by Crippen LogP contribution is 2.28. The van der Waals surface area contributed by atoms with E-state index >= 15 is 0 Å². The van der Waals surface area contributed by atoms with Crippen LogP contribution in [0, 0.1) is 0 Å². The second kappa shape index (κ2) is 25.1. The van der Waals surface area contributed by atoms with Gasteiger partial charge in [0.15, 0.2) is 34.6 Å². The van der Waals surface area contributed by atoms with Crippen LogP contribution < -0.4 is 18.9 Å². The van der Waals surface area contributed by atoms with E-state index in [-0.39, 0.29) is 30.4 Å². The van der Waals surface area contributed by atoms with Crippen molar-refractivity contribution in [3.63, 3.8) is 0 Å². The van der Waals surface area contributed by atoms with Crippen LogP contribution in [-0.4, -0.2) is 80.2 Å². The summed E-state index contributed by atoms with van der Waals surface area (Å²) in [6.07, 6.45) is 8.17. The van der Waals surface area contributed by atoms with E-state index in [0.29, 0.717) is 39.5 Å². The number of methoxy groups -OCH3 is 4. The summed E-state index contributed by atoms with van der Waals surface area (Å²) < 4.78 is 22.2. The Bertz CT molecular complexity index is 1530. The molecule has 0 unspecified atom stereocenters. The minimum absolute atomic E-state index is 0.00986. The van der Waals surface area contributed by atoms with Gasteiger partial charge < -0.3 is 18.9 Å². The molecule has 3 aromatic rings. The summed E-state index contributed by atoms with van der Waals surface area (Å²) in [7, 11) is 6.22. The molecule has 252 valence electrons. The quantitative estimate of drug-likeness (QED) is 0.196. The number of aromatic nitrogens is 2. The summed E-state index contributed by atoms with van der Waals surface area (Å²) in [5, 5.41) is 4.48. The summed E-state index contributed by atoms with van der Waals surface area (Å²) >= 11 is 3.11. The van der Waals surface area contributed by atoms with Crippen LogP contribution in [0.1, 0.15) is 46.7 Å². The van der Waals surface area contributed by atoms with Crippen LogP contribution in [-0.2, 0) is 32.1 Å². The number of alkyl halides is 1. The number of aryl methyl sites for hydroxylation is 1. The van der Waals surface area contributed by atoms with Gasteiger partial charge in [0, 0.05) is 29.2 Å². The van der Waals surface area contributed by atoms with Crippen LogP contribution in [0.5, 0.6) is 23.0 Å². The van der Waals surface area contributed by atoms with Crippen LogP contribution in [0.25, 0.3) is 0 Å². The topological polar surface area (TPSA) is 170 Å². The van der Waals surface area contributed by atoms with E-state index in [1.165, 1.54) is 5.57 Å². The molecule has 13 nitrogen and oxygen atoms in total. The maximum atomic E-state index is 12.3. The first-order valence-electron chi connectivity index (χ1n) is 13.9. The third-order valence-electron chi connectivity index (χ3n) is 6.16. The van der Waals surface area contributed by atoms with Gasteiger partial charge in [-0.05, 0) is 67.0 Å². The second-order valence-electron chi connectivity index (χ2n) is 8.79. The van der Waals surface area contributed by atoms with Crippen molar-refractivity contribution in [1.29, 1.82) is 0 Å². The molecule has 0 amide bonds. The maximum Gasteiger partial charge on any atom is 0.373 e. The van der Waals surface area contributed by atoms with Crippen molar-refractivity contribution in [3.05, 3.63) is 77.1 Å². The Balaban J connectivity index is 0.000000675. The Morgan fingerprint density at radius 3 is 1.62 bits per heavy atom. The SMILES string of the molecule is CCC1=CC=NC1.CCc1ccnn1CC(=O)c1ccc(OC)c(OC)c1.COc1ccc(C(=O)CBr)cc1OC.O=C=O.O=C=O. The summed E-state index contributed by atoms with van der Waals surface area (Å²) in [5.41, 5.74) is 3.68. The highest BCUT2D eigenvalue weighted by atomic mass is 79.9. The van der Waals surface area contributed by atoms with Crippen LogP contribution in [0.3, 0.4) is 0 Å². The number of allylic oxidation sites excluding steroid dienone is 1. The van der Waals surface area contributed by atoms with Crippen molar-refractivity contribution in [2.24, 2.45) is 4.99 Å². The molecule has 0 aliphatic carbocycles. The van der Waals surface area contributed by atoms with Crippen molar-refractivity contribution in [1.82, 2.24) is 9.78 Å². The minimum atomic E-state index is -0.00986. The molecule has 4 rings (SSSR count). The molecule has 0 saturated heterocycles. The fourth-order valence-electron chi connectivity index (χ4n) is 3.74. The predicted molar refractivity (Wildman–Crippen MR) is 175 cm³/mol. The lowest BCUT2D eigenvalue weighted by Gasteiger charge is -2.10. The molecule has 1 aliphatic heterocycles. The number of ketones is 2. The smallest absolute Gasteiger partial charge is 0.373 e. The zero-order valence-corrected chi connectivity index (χ0v) is 28.7. The molecule has 47 heavy (non-hydrogen) atoms. The monoisotopic (exact) mass is 715 g/mol. The summed E-state index contributed by atoms with van der Waals surface area (Å²) in [5.74, 6) is 2.36. The average Bonchev–Trinajstić information content (AvgIpc) is 3.81. The van der Waals surface area contributed by atoms with Crippen molar-refractivity contribution >= 4 is 46.0 Å². The molecule has 0 spiro atoms. The van der Waals surface area contributed by atoms with Gasteiger partial charge in [-0.15, -0.1) is 0 Å². The van der Waals surface area contributed by atoms with Crippen LogP contribution in [0.2, 0.25) is 0 Å². The second-order valence-corrected chi connectivity index (χ2v) is 9.35. The number of hydrogen-bond acceptors (Lipinski definition) is 12. The van der Waals surface area contributed by atoms with Gasteiger partial charge in [0.2, 0.25) is 0 Å². The average molecular weight is 717 g/mol. The summed E-state index contributed by atoms with van der Waals surface area (Å²) in [6.45, 7) is 5.36. The normalized spacial score (nSPS) is 10.2. The van der Waals surface area contributed by atoms with Gasteiger partial charge in [-0.2, -0.15) is 24.3 Å². The van der Waals surface area contributed by atoms with E-state index < -0.39 is 0 Å². The molecule has 0 atom stereocenters. The lowest BCUT2D eigenvalue weighted by molar-refractivity contribution is -0.193. The molecule has 0 radical (unpaired) electrons. The number of rotatable bonds is 11. The molecule has 0 saturated carbocycles. The number of halogens is 1. The first kappa shape index (κ1) is 41.8. The van der Waals surface area contributed by atoms with E-state index in [2.05, 4.69) is 39.0 Å². The molecule has 0 N–H and O–H groups in total. The molecular formula is C33H38BrN3O10. The number of aliphatic imine (C=N–C) groups is 1. The van der Waals surface area contributed by atoms with E-state index in [1.807, 2.05) is 19.2 Å². The van der Waals surface area contributed by atoms with Crippen LogP contribution in [0.4, 0.5) is 0 Å². The fourth-order valence-corrected chi connectivity index (χ4v) is 4.06. The van der Waals surface area contributed by atoms with Gasteiger partial charge in [-0.1, -0.05) is 29.8 Å². The van der Waals surface area contributed by atoms with Gasteiger partial charge in [-0.25, -0.2) is 0 Å². The number of ether oxygens (including phenoxy) is 4. The zero-order valence-electron chi connectivity index (χ0n) is 27.1. The number of benzene rings is 2. The lowest BCUT2D eigenvalue weighted by atomic mass is 10.1. The molecule has 0 fully saturated rings. The van der Waals surface area contributed by atoms with Gasteiger partial charge in [0.1, 0.15) is 6.54 Å². The maximum absolute atomic E-state index is 12.3. The van der Waals surface area contributed by atoms with Crippen LogP contribution >= 0.6 is 15.9 Å². The van der Waals surface area contributed by atoms with Crippen molar-refractivity contribution in [3.8, 4) is 23.0 Å². The molecular weight excluding hydrogens is 678 g/mol. The highest BCUT2D eigenvalue weighted by molar-refractivity contribution is 9.09. The van der Waals surface area contributed by atoms with E-state index in [0.717, 1.165) is 25.1 Å². The Kier molecular flexibility index (Phi) is 22.3. The Labute approximate surface area is 281 Å². The first-order chi connectivity index (χ1) is 22.7. The molecule has 1 aromatic heterocycles. The molecule has 2 heterocycles. The predicted octanol–water partition coefficient (Wildman–Crippen LogP) is 4.87. The molecule has 2 aromatic carbocycles. The van der Waals surface area contributed by atoms with Crippen molar-refractivity contribution in [2.75, 3.05) is 40.3 Å². The zero-order chi connectivity index (χ0) is 35.6. The largest absolute Gasteiger partial charge is 0.493 e. The molecule has 14 heteroatoms. The van der Waals surface area contributed by atoms with E-state index in [1.54, 1.807) is 75.7 Å².